The number of nitrogens with zero attached hydrogens (tertiary/aromatic N) is 1. The smallest absolute Gasteiger partial charge is 0.213 e. The fourth-order valence-electron chi connectivity index (χ4n) is 1.40. The summed E-state index contributed by atoms with van der Waals surface area (Å²) in [6, 6.07) is 7.66. The van der Waals surface area contributed by atoms with E-state index in [1.807, 2.05) is 31.2 Å². The third kappa shape index (κ3) is 1.42. The minimum Gasteiger partial charge on any atom is -0.481 e. The van der Waals surface area contributed by atoms with Crippen molar-refractivity contribution in [2.75, 3.05) is 7.11 Å². The molecule has 0 atom stereocenters. The predicted octanol–water partition coefficient (Wildman–Crippen LogP) is 3.21. The summed E-state index contributed by atoms with van der Waals surface area (Å²) in [4.78, 5) is 4.35. The number of aryl methyl sites for hydroxylation is 1. The molecule has 0 spiro atoms. The molecule has 0 unspecified atom stereocenters. The number of aromatic nitrogens is 1. The van der Waals surface area contributed by atoms with Crippen molar-refractivity contribution in [2.45, 2.75) is 6.92 Å². The standard InChI is InChI=1S/C11H10ClNO/c1-7-9(12)5-3-8-4-6-10(14-2)13-11(7)8/h3-6H,1-2H3. The van der Waals surface area contributed by atoms with Crippen molar-refractivity contribution < 1.29 is 4.74 Å². The normalized spacial score (nSPS) is 10.5. The fraction of sp³-hybridized carbons (Fsp3) is 0.182. The van der Waals surface area contributed by atoms with Crippen LogP contribution in [0.5, 0.6) is 5.88 Å². The Morgan fingerprint density at radius 3 is 2.64 bits per heavy atom. The molecule has 1 aromatic heterocycles. The molecule has 2 aromatic rings. The molecule has 72 valence electrons. The molecule has 2 rings (SSSR count). The Hall–Kier alpha value is -1.28. The topological polar surface area (TPSA) is 22.1 Å². The second-order valence-corrected chi connectivity index (χ2v) is 3.50. The summed E-state index contributed by atoms with van der Waals surface area (Å²) in [5, 5.41) is 1.81. The maximum Gasteiger partial charge on any atom is 0.213 e. The van der Waals surface area contributed by atoms with Gasteiger partial charge in [0.15, 0.2) is 0 Å². The van der Waals surface area contributed by atoms with Crippen LogP contribution in [-0.2, 0) is 0 Å². The van der Waals surface area contributed by atoms with Gasteiger partial charge in [-0.15, -0.1) is 0 Å². The van der Waals surface area contributed by atoms with Crippen LogP contribution in [0.15, 0.2) is 24.3 Å². The molecule has 0 N–H and O–H groups in total. The molecule has 0 radical (unpaired) electrons. The zero-order valence-electron chi connectivity index (χ0n) is 8.04. The van der Waals surface area contributed by atoms with Crippen LogP contribution in [-0.4, -0.2) is 12.1 Å². The highest BCUT2D eigenvalue weighted by Gasteiger charge is 2.04. The SMILES string of the molecule is COc1ccc2ccc(Cl)c(C)c2n1. The summed E-state index contributed by atoms with van der Waals surface area (Å²) in [5.41, 5.74) is 1.89. The first-order valence-electron chi connectivity index (χ1n) is 4.32. The molecule has 0 fully saturated rings. The van der Waals surface area contributed by atoms with E-state index in [-0.39, 0.29) is 0 Å². The molecule has 1 heterocycles. The summed E-state index contributed by atoms with van der Waals surface area (Å²) in [7, 11) is 1.61. The largest absolute Gasteiger partial charge is 0.481 e. The van der Waals surface area contributed by atoms with Crippen molar-refractivity contribution >= 4 is 22.5 Å². The van der Waals surface area contributed by atoms with Crippen molar-refractivity contribution in [1.29, 1.82) is 0 Å². The van der Waals surface area contributed by atoms with Gasteiger partial charge in [-0.1, -0.05) is 17.7 Å². The number of rotatable bonds is 1. The van der Waals surface area contributed by atoms with Gasteiger partial charge in [-0.05, 0) is 24.6 Å². The summed E-state index contributed by atoms with van der Waals surface area (Å²) >= 11 is 6.00. The number of benzene rings is 1. The van der Waals surface area contributed by atoms with E-state index < -0.39 is 0 Å². The molecular formula is C11H10ClNO. The number of hydrogen-bond acceptors (Lipinski definition) is 2. The van der Waals surface area contributed by atoms with Crippen molar-refractivity contribution in [3.8, 4) is 5.88 Å². The van der Waals surface area contributed by atoms with Gasteiger partial charge in [-0.3, -0.25) is 0 Å². The first-order chi connectivity index (χ1) is 6.72. The van der Waals surface area contributed by atoms with E-state index in [0.29, 0.717) is 5.88 Å². The van der Waals surface area contributed by atoms with Gasteiger partial charge in [0.05, 0.1) is 12.6 Å². The quantitative estimate of drug-likeness (QED) is 0.717. The molecule has 0 aliphatic rings. The van der Waals surface area contributed by atoms with E-state index in [9.17, 15) is 0 Å². The Labute approximate surface area is 87.5 Å². The van der Waals surface area contributed by atoms with E-state index in [0.717, 1.165) is 21.5 Å². The zero-order valence-corrected chi connectivity index (χ0v) is 8.80. The Morgan fingerprint density at radius 1 is 1.21 bits per heavy atom. The molecule has 0 bridgehead atoms. The van der Waals surface area contributed by atoms with Gasteiger partial charge in [0.1, 0.15) is 0 Å². The highest BCUT2D eigenvalue weighted by molar-refractivity contribution is 6.32. The van der Waals surface area contributed by atoms with Crippen LogP contribution in [0.3, 0.4) is 0 Å². The Morgan fingerprint density at radius 2 is 1.93 bits per heavy atom. The molecule has 0 aliphatic heterocycles. The molecule has 3 heteroatoms. The van der Waals surface area contributed by atoms with Crippen LogP contribution < -0.4 is 4.74 Å². The van der Waals surface area contributed by atoms with Crippen LogP contribution in [0.4, 0.5) is 0 Å². The van der Waals surface area contributed by atoms with Gasteiger partial charge in [0.2, 0.25) is 5.88 Å². The Bertz CT molecular complexity index is 482. The average Bonchev–Trinajstić information content (AvgIpc) is 2.23. The molecule has 0 saturated heterocycles. The van der Waals surface area contributed by atoms with E-state index in [1.54, 1.807) is 7.11 Å². The van der Waals surface area contributed by atoms with Crippen LogP contribution in [0.25, 0.3) is 10.9 Å². The second-order valence-electron chi connectivity index (χ2n) is 3.10. The number of hydrogen-bond donors (Lipinski definition) is 0. The van der Waals surface area contributed by atoms with Crippen LogP contribution >= 0.6 is 11.6 Å². The monoisotopic (exact) mass is 207 g/mol. The Balaban J connectivity index is 2.78. The third-order valence-electron chi connectivity index (χ3n) is 2.23. The number of halogens is 1. The summed E-state index contributed by atoms with van der Waals surface area (Å²) < 4.78 is 5.06. The zero-order chi connectivity index (χ0) is 10.1. The third-order valence-corrected chi connectivity index (χ3v) is 2.64. The van der Waals surface area contributed by atoms with Crippen LogP contribution in [0.1, 0.15) is 5.56 Å². The minimum atomic E-state index is 0.614. The molecule has 1 aromatic carbocycles. The van der Waals surface area contributed by atoms with Crippen LogP contribution in [0, 0.1) is 6.92 Å². The van der Waals surface area contributed by atoms with Crippen LogP contribution in [0.2, 0.25) is 5.02 Å². The number of ether oxygens (including phenoxy) is 1. The highest BCUT2D eigenvalue weighted by Crippen LogP contribution is 2.25. The maximum atomic E-state index is 6.00. The molecule has 2 nitrogen and oxygen atoms in total. The first kappa shape index (κ1) is 9.28. The van der Waals surface area contributed by atoms with Gasteiger partial charge in [-0.25, -0.2) is 4.98 Å². The maximum absolute atomic E-state index is 6.00. The van der Waals surface area contributed by atoms with E-state index in [4.69, 9.17) is 16.3 Å². The molecule has 0 saturated carbocycles. The second kappa shape index (κ2) is 3.46. The van der Waals surface area contributed by atoms with Crippen molar-refractivity contribution in [2.24, 2.45) is 0 Å². The van der Waals surface area contributed by atoms with Crippen molar-refractivity contribution in [1.82, 2.24) is 4.98 Å². The molecular weight excluding hydrogens is 198 g/mol. The average molecular weight is 208 g/mol. The molecule has 0 aliphatic carbocycles. The molecule has 0 amide bonds. The lowest BCUT2D eigenvalue weighted by molar-refractivity contribution is 0.399. The first-order valence-corrected chi connectivity index (χ1v) is 4.70. The number of pyridine rings is 1. The molecule has 14 heavy (non-hydrogen) atoms. The van der Waals surface area contributed by atoms with E-state index in [2.05, 4.69) is 4.98 Å². The summed E-state index contributed by atoms with van der Waals surface area (Å²) in [6.07, 6.45) is 0. The number of fused-ring (bicyclic) bond motifs is 1. The van der Waals surface area contributed by atoms with Gasteiger partial charge >= 0.3 is 0 Å². The van der Waals surface area contributed by atoms with Gasteiger partial charge in [0, 0.05) is 16.5 Å². The lowest BCUT2D eigenvalue weighted by Gasteiger charge is -2.05. The van der Waals surface area contributed by atoms with Gasteiger partial charge in [-0.2, -0.15) is 0 Å². The summed E-state index contributed by atoms with van der Waals surface area (Å²) in [5.74, 6) is 0.614. The summed E-state index contributed by atoms with van der Waals surface area (Å²) in [6.45, 7) is 1.96. The van der Waals surface area contributed by atoms with Crippen molar-refractivity contribution in [3.63, 3.8) is 0 Å². The van der Waals surface area contributed by atoms with Gasteiger partial charge < -0.3 is 4.74 Å². The van der Waals surface area contributed by atoms with E-state index in [1.165, 1.54) is 0 Å². The Kier molecular flexibility index (Phi) is 2.30. The number of methoxy groups -OCH3 is 1. The highest BCUT2D eigenvalue weighted by atomic mass is 35.5. The van der Waals surface area contributed by atoms with E-state index >= 15 is 0 Å². The predicted molar refractivity (Wildman–Crippen MR) is 58.0 cm³/mol. The lowest BCUT2D eigenvalue weighted by Crippen LogP contribution is -1.89. The lowest BCUT2D eigenvalue weighted by atomic mass is 10.1. The minimum absolute atomic E-state index is 0.614. The fourth-order valence-corrected chi connectivity index (χ4v) is 1.55. The van der Waals surface area contributed by atoms with Crippen molar-refractivity contribution in [3.05, 3.63) is 34.9 Å². The van der Waals surface area contributed by atoms with Gasteiger partial charge in [0.25, 0.3) is 0 Å².